The topological polar surface area (TPSA) is 93.2 Å². The second-order valence-electron chi connectivity index (χ2n) is 6.82. The highest BCUT2D eigenvalue weighted by Crippen LogP contribution is 2.36. The standard InChI is InChI=1S/C19H20N2O6S2/c1-26-13-4-2-5-14(10-13)27-8-7-21-18(22)15-11-20(12-16(15)19(21)23)29(24,25)17-6-3-9-28-17/h2-6,9-10,15-16H,7-8,11-12H2,1H3/t15-,16+. The molecule has 0 aliphatic carbocycles. The summed E-state index contributed by atoms with van der Waals surface area (Å²) in [4.78, 5) is 26.6. The molecule has 3 heterocycles. The molecule has 2 amide bonds. The van der Waals surface area contributed by atoms with E-state index in [1.54, 1.807) is 42.8 Å². The molecule has 0 unspecified atom stereocenters. The van der Waals surface area contributed by atoms with Crippen molar-refractivity contribution in [2.75, 3.05) is 33.4 Å². The van der Waals surface area contributed by atoms with E-state index >= 15 is 0 Å². The van der Waals surface area contributed by atoms with Gasteiger partial charge in [0.25, 0.3) is 10.0 Å². The van der Waals surface area contributed by atoms with Gasteiger partial charge in [0.2, 0.25) is 11.8 Å². The van der Waals surface area contributed by atoms with E-state index in [2.05, 4.69) is 0 Å². The number of hydrogen-bond donors (Lipinski definition) is 0. The van der Waals surface area contributed by atoms with E-state index < -0.39 is 21.9 Å². The fourth-order valence-corrected chi connectivity index (χ4v) is 6.31. The molecular weight excluding hydrogens is 416 g/mol. The van der Waals surface area contributed by atoms with Gasteiger partial charge in [0.15, 0.2) is 0 Å². The molecule has 0 radical (unpaired) electrons. The molecular formula is C19H20N2O6S2. The monoisotopic (exact) mass is 436 g/mol. The minimum Gasteiger partial charge on any atom is -0.497 e. The number of methoxy groups -OCH3 is 1. The van der Waals surface area contributed by atoms with Crippen LogP contribution < -0.4 is 9.47 Å². The van der Waals surface area contributed by atoms with E-state index in [0.29, 0.717) is 11.5 Å². The van der Waals surface area contributed by atoms with Crippen LogP contribution in [0.25, 0.3) is 0 Å². The van der Waals surface area contributed by atoms with E-state index in [-0.39, 0.29) is 42.3 Å². The number of likely N-dealkylation sites (tertiary alicyclic amines) is 1. The Morgan fingerprint density at radius 1 is 1.07 bits per heavy atom. The first-order chi connectivity index (χ1) is 13.9. The Labute approximate surface area is 172 Å². The predicted molar refractivity (Wildman–Crippen MR) is 105 cm³/mol. The molecule has 0 bridgehead atoms. The second-order valence-corrected chi connectivity index (χ2v) is 9.94. The van der Waals surface area contributed by atoms with E-state index in [0.717, 1.165) is 11.3 Å². The molecule has 1 aromatic heterocycles. The molecule has 1 aromatic carbocycles. The van der Waals surface area contributed by atoms with Gasteiger partial charge >= 0.3 is 0 Å². The van der Waals surface area contributed by atoms with Crippen molar-refractivity contribution in [3.63, 3.8) is 0 Å². The average molecular weight is 437 g/mol. The molecule has 2 aliphatic rings. The lowest BCUT2D eigenvalue weighted by molar-refractivity contribution is -0.140. The third-order valence-corrected chi connectivity index (χ3v) is 8.37. The number of fused-ring (bicyclic) bond motifs is 1. The number of benzene rings is 1. The van der Waals surface area contributed by atoms with Crippen molar-refractivity contribution >= 4 is 33.2 Å². The zero-order valence-corrected chi connectivity index (χ0v) is 17.3. The molecule has 4 rings (SSSR count). The average Bonchev–Trinajstić information content (AvgIpc) is 3.44. The smallest absolute Gasteiger partial charge is 0.252 e. The van der Waals surface area contributed by atoms with E-state index in [1.807, 2.05) is 0 Å². The van der Waals surface area contributed by atoms with Crippen LogP contribution in [0.15, 0.2) is 46.0 Å². The van der Waals surface area contributed by atoms with Crippen molar-refractivity contribution in [3.8, 4) is 11.5 Å². The maximum absolute atomic E-state index is 12.7. The molecule has 154 valence electrons. The van der Waals surface area contributed by atoms with Gasteiger partial charge in [0.1, 0.15) is 22.3 Å². The molecule has 2 atom stereocenters. The minimum atomic E-state index is -3.67. The third kappa shape index (κ3) is 3.63. The fraction of sp³-hybridized carbons (Fsp3) is 0.368. The van der Waals surface area contributed by atoms with Crippen molar-refractivity contribution in [1.82, 2.24) is 9.21 Å². The lowest BCUT2D eigenvalue weighted by Crippen LogP contribution is -2.39. The zero-order chi connectivity index (χ0) is 20.6. The minimum absolute atomic E-state index is 0.0305. The first kappa shape index (κ1) is 19.9. The number of carbonyl (C=O) groups is 2. The fourth-order valence-electron chi connectivity index (χ4n) is 3.68. The van der Waals surface area contributed by atoms with Crippen LogP contribution in [-0.2, 0) is 19.6 Å². The Kier molecular flexibility index (Phi) is 5.32. The molecule has 29 heavy (non-hydrogen) atoms. The van der Waals surface area contributed by atoms with Gasteiger partial charge in [0.05, 0.1) is 25.5 Å². The van der Waals surface area contributed by atoms with Crippen LogP contribution in [0.3, 0.4) is 0 Å². The number of sulfonamides is 1. The summed E-state index contributed by atoms with van der Waals surface area (Å²) in [6.45, 7) is 0.340. The molecule has 2 aromatic rings. The highest BCUT2D eigenvalue weighted by Gasteiger charge is 2.54. The Morgan fingerprint density at radius 2 is 1.76 bits per heavy atom. The lowest BCUT2D eigenvalue weighted by atomic mass is 10.00. The summed E-state index contributed by atoms with van der Waals surface area (Å²) in [5.74, 6) is -0.700. The molecule has 2 saturated heterocycles. The number of nitrogens with zero attached hydrogens (tertiary/aromatic N) is 2. The number of amides is 2. The molecule has 0 spiro atoms. The molecule has 8 nitrogen and oxygen atoms in total. The first-order valence-corrected chi connectivity index (χ1v) is 11.4. The van der Waals surface area contributed by atoms with Gasteiger partial charge in [-0.05, 0) is 23.6 Å². The maximum atomic E-state index is 12.7. The Bertz CT molecular complexity index is 997. The largest absolute Gasteiger partial charge is 0.497 e. The van der Waals surface area contributed by atoms with Crippen molar-refractivity contribution < 1.29 is 27.5 Å². The molecule has 0 saturated carbocycles. The van der Waals surface area contributed by atoms with Gasteiger partial charge < -0.3 is 9.47 Å². The van der Waals surface area contributed by atoms with Crippen molar-refractivity contribution in [3.05, 3.63) is 41.8 Å². The van der Waals surface area contributed by atoms with Crippen molar-refractivity contribution in [2.45, 2.75) is 4.21 Å². The summed E-state index contributed by atoms with van der Waals surface area (Å²) in [7, 11) is -2.11. The number of hydrogen-bond acceptors (Lipinski definition) is 7. The highest BCUT2D eigenvalue weighted by atomic mass is 32.2. The van der Waals surface area contributed by atoms with E-state index in [9.17, 15) is 18.0 Å². The van der Waals surface area contributed by atoms with Crippen LogP contribution in [0.1, 0.15) is 0 Å². The Hall–Kier alpha value is -2.43. The van der Waals surface area contributed by atoms with Crippen LogP contribution >= 0.6 is 11.3 Å². The highest BCUT2D eigenvalue weighted by molar-refractivity contribution is 7.91. The predicted octanol–water partition coefficient (Wildman–Crippen LogP) is 1.44. The van der Waals surface area contributed by atoms with Crippen LogP contribution in [-0.4, -0.2) is 62.8 Å². The number of ether oxygens (including phenoxy) is 2. The van der Waals surface area contributed by atoms with Gasteiger partial charge in [0, 0.05) is 19.2 Å². The maximum Gasteiger partial charge on any atom is 0.252 e. The summed E-state index contributed by atoms with van der Waals surface area (Å²) >= 11 is 1.12. The molecule has 10 heteroatoms. The molecule has 0 N–H and O–H groups in total. The quantitative estimate of drug-likeness (QED) is 0.610. The Morgan fingerprint density at radius 3 is 2.38 bits per heavy atom. The summed E-state index contributed by atoms with van der Waals surface area (Å²) in [5.41, 5.74) is 0. The van der Waals surface area contributed by atoms with Crippen LogP contribution in [0.5, 0.6) is 11.5 Å². The van der Waals surface area contributed by atoms with Crippen molar-refractivity contribution in [1.29, 1.82) is 0 Å². The molecule has 2 aliphatic heterocycles. The van der Waals surface area contributed by atoms with Gasteiger partial charge in [-0.1, -0.05) is 12.1 Å². The van der Waals surface area contributed by atoms with E-state index in [1.165, 1.54) is 15.3 Å². The van der Waals surface area contributed by atoms with Crippen LogP contribution in [0.2, 0.25) is 0 Å². The third-order valence-electron chi connectivity index (χ3n) is 5.17. The number of imide groups is 1. The van der Waals surface area contributed by atoms with Gasteiger partial charge in [-0.15, -0.1) is 11.3 Å². The summed E-state index contributed by atoms with van der Waals surface area (Å²) in [5, 5.41) is 1.68. The van der Waals surface area contributed by atoms with Crippen LogP contribution in [0.4, 0.5) is 0 Å². The SMILES string of the molecule is COc1cccc(OCCN2C(=O)[C@H]3CN(S(=O)(=O)c4cccs4)C[C@H]3C2=O)c1. The molecule has 2 fully saturated rings. The van der Waals surface area contributed by atoms with Crippen molar-refractivity contribution in [2.24, 2.45) is 11.8 Å². The summed E-state index contributed by atoms with van der Waals surface area (Å²) in [6.07, 6.45) is 0. The number of thiophene rings is 1. The van der Waals surface area contributed by atoms with Gasteiger partial charge in [-0.2, -0.15) is 4.31 Å². The van der Waals surface area contributed by atoms with Gasteiger partial charge in [-0.25, -0.2) is 8.42 Å². The number of rotatable bonds is 7. The first-order valence-electron chi connectivity index (χ1n) is 9.07. The normalized spacial score (nSPS) is 22.2. The zero-order valence-electron chi connectivity index (χ0n) is 15.7. The summed E-state index contributed by atoms with van der Waals surface area (Å²) < 4.78 is 37.6. The Balaban J connectivity index is 1.38. The number of carbonyl (C=O) groups excluding carboxylic acids is 2. The lowest BCUT2D eigenvalue weighted by Gasteiger charge is -2.20. The van der Waals surface area contributed by atoms with Crippen LogP contribution in [0, 0.1) is 11.8 Å². The van der Waals surface area contributed by atoms with E-state index in [4.69, 9.17) is 9.47 Å². The summed E-state index contributed by atoms with van der Waals surface area (Å²) in [6, 6.07) is 10.2. The van der Waals surface area contributed by atoms with Gasteiger partial charge in [-0.3, -0.25) is 14.5 Å². The second kappa shape index (κ2) is 7.77.